The number of para-hydroxylation sites is 1. The Morgan fingerprint density at radius 3 is 2.12 bits per heavy atom. The summed E-state index contributed by atoms with van der Waals surface area (Å²) in [5.74, 6) is 3.46. The number of thiazole rings is 1. The number of aromatic nitrogens is 1. The molecule has 0 aliphatic carbocycles. The quantitative estimate of drug-likeness (QED) is 0.101. The van der Waals surface area contributed by atoms with Crippen LogP contribution >= 0.6 is 11.3 Å². The topological polar surface area (TPSA) is 101 Å². The van der Waals surface area contributed by atoms with Gasteiger partial charge in [-0.3, -0.25) is 4.79 Å². The summed E-state index contributed by atoms with van der Waals surface area (Å²) in [6.07, 6.45) is 3.19. The van der Waals surface area contributed by atoms with Gasteiger partial charge in [-0.1, -0.05) is 18.2 Å². The van der Waals surface area contributed by atoms with E-state index in [0.29, 0.717) is 48.4 Å². The van der Waals surface area contributed by atoms with Gasteiger partial charge in [0.25, 0.3) is 0 Å². The number of benzene rings is 4. The van der Waals surface area contributed by atoms with Crippen LogP contribution in [-0.4, -0.2) is 63.3 Å². The van der Waals surface area contributed by atoms with Gasteiger partial charge in [0.05, 0.1) is 63.6 Å². The molecule has 0 N–H and O–H groups in total. The first-order valence-corrected chi connectivity index (χ1v) is 17.3. The van der Waals surface area contributed by atoms with Crippen molar-refractivity contribution in [2.45, 2.75) is 38.6 Å². The molecule has 2 heterocycles. The normalized spacial score (nSPS) is 14.0. The van der Waals surface area contributed by atoms with Crippen LogP contribution in [0.3, 0.4) is 0 Å². The van der Waals surface area contributed by atoms with Gasteiger partial charge in [0.1, 0.15) is 10.8 Å². The Balaban J connectivity index is 1.02. The molecular formula is C39H41N3O7S. The van der Waals surface area contributed by atoms with E-state index in [0.717, 1.165) is 57.9 Å². The summed E-state index contributed by atoms with van der Waals surface area (Å²) in [6.45, 7) is 2.65. The molecule has 0 bridgehead atoms. The monoisotopic (exact) mass is 695 g/mol. The summed E-state index contributed by atoms with van der Waals surface area (Å²) in [4.78, 5) is 17.5. The molecule has 0 fully saturated rings. The van der Waals surface area contributed by atoms with Gasteiger partial charge in [0.2, 0.25) is 11.7 Å². The van der Waals surface area contributed by atoms with Crippen molar-refractivity contribution in [1.29, 1.82) is 0 Å². The number of nitrogens with zero attached hydrogens (tertiary/aromatic N) is 3. The fourth-order valence-electron chi connectivity index (χ4n) is 5.94. The second kappa shape index (κ2) is 15.9. The largest absolute Gasteiger partial charge is 0.494 e. The SMILES string of the molecule is COc1ccc(C2CC(c3cc(OC)c(OC)c(OC)c3)=NN2C(C)=O)cc1OCCCCCOc1ccc(-c2nc3ccccc3s2)cc1. The minimum Gasteiger partial charge on any atom is -0.494 e. The van der Waals surface area contributed by atoms with Gasteiger partial charge >= 0.3 is 0 Å². The number of carbonyl (C=O) groups excluding carboxylic acids is 1. The van der Waals surface area contributed by atoms with Crippen LogP contribution in [0.1, 0.15) is 49.8 Å². The van der Waals surface area contributed by atoms with Crippen LogP contribution in [0.5, 0.6) is 34.5 Å². The molecule has 6 rings (SSSR count). The number of ether oxygens (including phenoxy) is 6. The van der Waals surface area contributed by atoms with E-state index in [1.807, 2.05) is 60.7 Å². The van der Waals surface area contributed by atoms with Gasteiger partial charge < -0.3 is 28.4 Å². The maximum absolute atomic E-state index is 12.7. The Labute approximate surface area is 296 Å². The zero-order valence-electron chi connectivity index (χ0n) is 28.9. The second-order valence-corrected chi connectivity index (χ2v) is 12.8. The average molecular weight is 696 g/mol. The highest BCUT2D eigenvalue weighted by Gasteiger charge is 2.33. The molecule has 11 heteroatoms. The Kier molecular flexibility index (Phi) is 11.0. The Bertz CT molecular complexity index is 1920. The number of fused-ring (bicyclic) bond motifs is 1. The first-order chi connectivity index (χ1) is 24.4. The molecule has 0 saturated carbocycles. The molecule has 1 aromatic heterocycles. The summed E-state index contributed by atoms with van der Waals surface area (Å²) in [6, 6.07) is 25.4. The van der Waals surface area contributed by atoms with E-state index in [1.165, 1.54) is 16.6 Å². The molecule has 1 unspecified atom stereocenters. The van der Waals surface area contributed by atoms with Crippen molar-refractivity contribution < 1.29 is 33.2 Å². The number of carbonyl (C=O) groups is 1. The third kappa shape index (κ3) is 7.63. The van der Waals surface area contributed by atoms with E-state index >= 15 is 0 Å². The van der Waals surface area contributed by atoms with Crippen LogP contribution in [-0.2, 0) is 4.79 Å². The third-order valence-electron chi connectivity index (χ3n) is 8.51. The highest BCUT2D eigenvalue weighted by Crippen LogP contribution is 2.42. The van der Waals surface area contributed by atoms with Crippen LogP contribution in [0.2, 0.25) is 0 Å². The molecular weight excluding hydrogens is 655 g/mol. The Morgan fingerprint density at radius 2 is 1.46 bits per heavy atom. The van der Waals surface area contributed by atoms with E-state index in [9.17, 15) is 4.79 Å². The van der Waals surface area contributed by atoms with Crippen molar-refractivity contribution in [2.75, 3.05) is 41.7 Å². The van der Waals surface area contributed by atoms with E-state index < -0.39 is 0 Å². The molecule has 0 spiro atoms. The number of unbranched alkanes of at least 4 members (excludes halogenated alkanes) is 2. The highest BCUT2D eigenvalue weighted by molar-refractivity contribution is 7.21. The predicted molar refractivity (Wildman–Crippen MR) is 195 cm³/mol. The minimum absolute atomic E-state index is 0.165. The number of hydrogen-bond donors (Lipinski definition) is 0. The van der Waals surface area contributed by atoms with Crippen molar-refractivity contribution in [3.8, 4) is 45.1 Å². The highest BCUT2D eigenvalue weighted by atomic mass is 32.1. The summed E-state index contributed by atoms with van der Waals surface area (Å²) >= 11 is 1.69. The number of rotatable bonds is 15. The minimum atomic E-state index is -0.317. The first kappa shape index (κ1) is 34.6. The van der Waals surface area contributed by atoms with Crippen molar-refractivity contribution in [3.05, 3.63) is 90.0 Å². The van der Waals surface area contributed by atoms with Gasteiger partial charge in [0.15, 0.2) is 23.0 Å². The molecule has 5 aromatic rings. The van der Waals surface area contributed by atoms with Crippen LogP contribution in [0.15, 0.2) is 84.0 Å². The fourth-order valence-corrected chi connectivity index (χ4v) is 6.91. The average Bonchev–Trinajstić information content (AvgIpc) is 3.80. The van der Waals surface area contributed by atoms with Crippen molar-refractivity contribution in [3.63, 3.8) is 0 Å². The summed E-state index contributed by atoms with van der Waals surface area (Å²) in [7, 11) is 6.32. The Morgan fingerprint density at radius 1 is 0.760 bits per heavy atom. The first-order valence-electron chi connectivity index (χ1n) is 16.5. The number of hydrogen-bond acceptors (Lipinski definition) is 10. The molecule has 1 amide bonds. The number of amides is 1. The Hall–Kier alpha value is -5.29. The third-order valence-corrected chi connectivity index (χ3v) is 9.60. The fraction of sp³-hybridized carbons (Fsp3) is 0.308. The zero-order valence-corrected chi connectivity index (χ0v) is 29.7. The number of methoxy groups -OCH3 is 4. The number of hydrazone groups is 1. The van der Waals surface area contributed by atoms with Crippen LogP contribution in [0, 0.1) is 0 Å². The molecule has 1 aliphatic heterocycles. The van der Waals surface area contributed by atoms with Gasteiger partial charge in [-0.15, -0.1) is 11.3 Å². The zero-order chi connectivity index (χ0) is 35.0. The van der Waals surface area contributed by atoms with Gasteiger partial charge in [0, 0.05) is 24.5 Å². The molecule has 260 valence electrons. The van der Waals surface area contributed by atoms with Crippen LogP contribution in [0.25, 0.3) is 20.8 Å². The van der Waals surface area contributed by atoms with Gasteiger partial charge in [-0.25, -0.2) is 9.99 Å². The smallest absolute Gasteiger partial charge is 0.240 e. The summed E-state index contributed by atoms with van der Waals surface area (Å²) < 4.78 is 35.5. The maximum atomic E-state index is 12.7. The lowest BCUT2D eigenvalue weighted by atomic mass is 9.97. The molecule has 1 atom stereocenters. The summed E-state index contributed by atoms with van der Waals surface area (Å²) in [5, 5.41) is 7.23. The molecule has 4 aromatic carbocycles. The van der Waals surface area contributed by atoms with Crippen molar-refractivity contribution in [1.82, 2.24) is 9.99 Å². The maximum Gasteiger partial charge on any atom is 0.240 e. The van der Waals surface area contributed by atoms with E-state index in [2.05, 4.69) is 18.2 Å². The van der Waals surface area contributed by atoms with Gasteiger partial charge in [-0.2, -0.15) is 5.10 Å². The molecule has 10 nitrogen and oxygen atoms in total. The van der Waals surface area contributed by atoms with Crippen molar-refractivity contribution >= 4 is 33.2 Å². The van der Waals surface area contributed by atoms with E-state index in [1.54, 1.807) is 39.8 Å². The van der Waals surface area contributed by atoms with Crippen molar-refractivity contribution in [2.24, 2.45) is 5.10 Å². The van der Waals surface area contributed by atoms with E-state index in [-0.39, 0.29) is 11.9 Å². The lowest BCUT2D eigenvalue weighted by Gasteiger charge is -2.22. The lowest BCUT2D eigenvalue weighted by molar-refractivity contribution is -0.130. The van der Waals surface area contributed by atoms with Gasteiger partial charge in [-0.05, 0) is 85.5 Å². The van der Waals surface area contributed by atoms with Crippen LogP contribution < -0.4 is 28.4 Å². The molecule has 50 heavy (non-hydrogen) atoms. The molecule has 0 radical (unpaired) electrons. The second-order valence-electron chi connectivity index (χ2n) is 11.7. The summed E-state index contributed by atoms with van der Waals surface area (Å²) in [5.41, 5.74) is 4.51. The lowest BCUT2D eigenvalue weighted by Crippen LogP contribution is -2.24. The molecule has 0 saturated heterocycles. The van der Waals surface area contributed by atoms with E-state index in [4.69, 9.17) is 38.5 Å². The predicted octanol–water partition coefficient (Wildman–Crippen LogP) is 8.32. The molecule has 1 aliphatic rings. The van der Waals surface area contributed by atoms with Crippen LogP contribution in [0.4, 0.5) is 0 Å². The standard InChI is InChI=1S/C39H41N3O7S/c1-25(43)42-32(24-31(41-42)28-22-35(45-3)38(47-5)36(23-28)46-4)27-15-18-33(44-2)34(21-27)49-20-10-6-9-19-48-29-16-13-26(14-17-29)39-40-30-11-7-8-12-37(30)50-39/h7-8,11-18,21-23,32H,6,9-10,19-20,24H2,1-5H3.